The molecule has 3 rings (SSSR count). The lowest BCUT2D eigenvalue weighted by molar-refractivity contribution is 0.0688. The van der Waals surface area contributed by atoms with Gasteiger partial charge in [-0.25, -0.2) is 4.79 Å². The maximum atomic E-state index is 11.5. The maximum Gasteiger partial charge on any atom is 0.353 e. The first-order valence-electron chi connectivity index (χ1n) is 6.96. The van der Waals surface area contributed by atoms with Gasteiger partial charge in [0.25, 0.3) is 0 Å². The Hall–Kier alpha value is -2.15. The van der Waals surface area contributed by atoms with E-state index in [1.165, 1.54) is 11.8 Å². The van der Waals surface area contributed by atoms with Gasteiger partial charge in [-0.2, -0.15) is 0 Å². The van der Waals surface area contributed by atoms with Gasteiger partial charge < -0.3 is 19.7 Å². The number of carboxylic acid groups (broad SMARTS) is 1. The van der Waals surface area contributed by atoms with Crippen molar-refractivity contribution in [3.63, 3.8) is 0 Å². The zero-order chi connectivity index (χ0) is 15.7. The Labute approximate surface area is 132 Å². The van der Waals surface area contributed by atoms with Gasteiger partial charge in [0.2, 0.25) is 0 Å². The summed E-state index contributed by atoms with van der Waals surface area (Å²) in [6, 6.07) is 5.49. The second kappa shape index (κ2) is 5.92. The number of H-pyrrole nitrogens is 1. The van der Waals surface area contributed by atoms with Crippen molar-refractivity contribution in [1.29, 1.82) is 0 Å². The molecular formula is C15H17N3O3S. The Bertz CT molecular complexity index is 754. The van der Waals surface area contributed by atoms with Crippen molar-refractivity contribution >= 4 is 33.8 Å². The molecule has 1 aliphatic heterocycles. The minimum atomic E-state index is -0.975. The fraction of sp³-hybridized carbons (Fsp3) is 0.333. The number of benzene rings is 1. The van der Waals surface area contributed by atoms with Gasteiger partial charge in [-0.05, 0) is 36.4 Å². The number of hydrogen-bond acceptors (Lipinski definition) is 5. The zero-order valence-corrected chi connectivity index (χ0v) is 13.2. The Kier molecular flexibility index (Phi) is 3.98. The highest BCUT2D eigenvalue weighted by molar-refractivity contribution is 8.14. The Morgan fingerprint density at radius 3 is 3.00 bits per heavy atom. The monoisotopic (exact) mass is 319 g/mol. The van der Waals surface area contributed by atoms with Gasteiger partial charge in [-0.1, -0.05) is 0 Å². The van der Waals surface area contributed by atoms with Crippen LogP contribution in [0.1, 0.15) is 16.9 Å². The first-order valence-corrected chi connectivity index (χ1v) is 7.78. The van der Waals surface area contributed by atoms with Crippen LogP contribution in [0.2, 0.25) is 0 Å². The number of fused-ring (bicyclic) bond motifs is 1. The van der Waals surface area contributed by atoms with Crippen molar-refractivity contribution in [1.82, 2.24) is 9.88 Å². The molecule has 7 heteroatoms. The molecule has 0 saturated heterocycles. The summed E-state index contributed by atoms with van der Waals surface area (Å²) in [4.78, 5) is 21.7. The van der Waals surface area contributed by atoms with Crippen LogP contribution in [0, 0.1) is 0 Å². The molecule has 0 unspecified atom stereocenters. The number of amidine groups is 1. The van der Waals surface area contributed by atoms with Crippen LogP contribution >= 0.6 is 11.8 Å². The highest BCUT2D eigenvalue weighted by Crippen LogP contribution is 2.35. The van der Waals surface area contributed by atoms with Crippen LogP contribution in [0.15, 0.2) is 28.1 Å². The molecule has 0 atom stereocenters. The zero-order valence-electron chi connectivity index (χ0n) is 12.4. The number of nitrogens with zero attached hydrogens (tertiary/aromatic N) is 2. The summed E-state index contributed by atoms with van der Waals surface area (Å²) >= 11 is 1.39. The number of hydrogen-bond donors (Lipinski definition) is 2. The van der Waals surface area contributed by atoms with Crippen LogP contribution in [0.25, 0.3) is 10.9 Å². The standard InChI is InChI=1S/C15H17N3O3S/c1-18-7-3-6-16-15(18)22-13-10-8-9(21-2)4-5-11(10)17-12(13)14(19)20/h4-5,8,17H,3,6-7H2,1-2H3,(H,19,20). The molecule has 0 bridgehead atoms. The van der Waals surface area contributed by atoms with Gasteiger partial charge in [-0.15, -0.1) is 0 Å². The summed E-state index contributed by atoms with van der Waals surface area (Å²) in [6.45, 7) is 1.71. The molecule has 1 aromatic carbocycles. The lowest BCUT2D eigenvalue weighted by atomic mass is 10.2. The number of ether oxygens (including phenoxy) is 1. The van der Waals surface area contributed by atoms with Crippen LogP contribution in [0.3, 0.4) is 0 Å². The second-order valence-electron chi connectivity index (χ2n) is 5.09. The molecule has 2 N–H and O–H groups in total. The first kappa shape index (κ1) is 14.8. The van der Waals surface area contributed by atoms with Gasteiger partial charge >= 0.3 is 5.97 Å². The third-order valence-corrected chi connectivity index (χ3v) is 4.84. The summed E-state index contributed by atoms with van der Waals surface area (Å²) < 4.78 is 5.25. The Balaban J connectivity index is 2.10. The minimum absolute atomic E-state index is 0.190. The van der Waals surface area contributed by atoms with E-state index < -0.39 is 5.97 Å². The number of carbonyl (C=O) groups is 1. The highest BCUT2D eigenvalue weighted by Gasteiger charge is 2.22. The molecule has 0 spiro atoms. The summed E-state index contributed by atoms with van der Waals surface area (Å²) in [5.74, 6) is -0.277. The summed E-state index contributed by atoms with van der Waals surface area (Å²) in [5.41, 5.74) is 0.967. The van der Waals surface area contributed by atoms with E-state index in [-0.39, 0.29) is 5.69 Å². The van der Waals surface area contributed by atoms with Gasteiger partial charge in [0.1, 0.15) is 11.4 Å². The highest BCUT2D eigenvalue weighted by atomic mass is 32.2. The predicted molar refractivity (Wildman–Crippen MR) is 87.2 cm³/mol. The molecule has 0 radical (unpaired) electrons. The molecule has 116 valence electrons. The number of nitrogens with one attached hydrogen (secondary N) is 1. The normalized spacial score (nSPS) is 15.0. The van der Waals surface area contributed by atoms with Crippen molar-refractivity contribution in [3.8, 4) is 5.75 Å². The van der Waals surface area contributed by atoms with Crippen molar-refractivity contribution in [3.05, 3.63) is 23.9 Å². The van der Waals surface area contributed by atoms with E-state index in [0.717, 1.165) is 35.6 Å². The van der Waals surface area contributed by atoms with Gasteiger partial charge in [-0.3, -0.25) is 4.99 Å². The number of methoxy groups -OCH3 is 1. The molecule has 0 aliphatic carbocycles. The number of aliphatic imine (C=N–C) groups is 1. The molecular weight excluding hydrogens is 302 g/mol. The van der Waals surface area contributed by atoms with E-state index in [4.69, 9.17) is 4.74 Å². The van der Waals surface area contributed by atoms with E-state index in [2.05, 4.69) is 14.9 Å². The summed E-state index contributed by atoms with van der Waals surface area (Å²) in [5, 5.41) is 11.1. The smallest absolute Gasteiger partial charge is 0.353 e. The van der Waals surface area contributed by atoms with E-state index in [1.807, 2.05) is 25.2 Å². The van der Waals surface area contributed by atoms with E-state index in [0.29, 0.717) is 10.6 Å². The average Bonchev–Trinajstić information content (AvgIpc) is 2.87. The Morgan fingerprint density at radius 1 is 1.50 bits per heavy atom. The van der Waals surface area contributed by atoms with Crippen molar-refractivity contribution in [2.45, 2.75) is 11.3 Å². The average molecular weight is 319 g/mol. The molecule has 0 amide bonds. The largest absolute Gasteiger partial charge is 0.497 e. The number of aromatic amines is 1. The number of aromatic nitrogens is 1. The first-order chi connectivity index (χ1) is 10.6. The molecule has 1 aromatic heterocycles. The van der Waals surface area contributed by atoms with Crippen LogP contribution in [0.4, 0.5) is 0 Å². The Morgan fingerprint density at radius 2 is 2.32 bits per heavy atom. The number of rotatable bonds is 3. The maximum absolute atomic E-state index is 11.5. The van der Waals surface area contributed by atoms with E-state index in [9.17, 15) is 9.90 Å². The number of aromatic carboxylic acids is 1. The fourth-order valence-corrected chi connectivity index (χ4v) is 3.54. The number of thioether (sulfide) groups is 1. The molecule has 22 heavy (non-hydrogen) atoms. The SMILES string of the molecule is COc1ccc2[nH]c(C(=O)O)c(SC3=NCCCN3C)c2c1. The lowest BCUT2D eigenvalue weighted by Crippen LogP contribution is -2.29. The van der Waals surface area contributed by atoms with Crippen LogP contribution in [-0.4, -0.2) is 53.4 Å². The van der Waals surface area contributed by atoms with Gasteiger partial charge in [0.15, 0.2) is 5.17 Å². The molecule has 2 heterocycles. The third kappa shape index (κ3) is 2.64. The third-order valence-electron chi connectivity index (χ3n) is 3.59. The topological polar surface area (TPSA) is 77.9 Å². The minimum Gasteiger partial charge on any atom is -0.497 e. The van der Waals surface area contributed by atoms with Crippen LogP contribution < -0.4 is 4.74 Å². The molecule has 0 saturated carbocycles. The predicted octanol–water partition coefficient (Wildman–Crippen LogP) is 2.66. The van der Waals surface area contributed by atoms with Crippen molar-refractivity contribution < 1.29 is 14.6 Å². The van der Waals surface area contributed by atoms with Crippen molar-refractivity contribution in [2.75, 3.05) is 27.2 Å². The molecule has 2 aromatic rings. The quantitative estimate of drug-likeness (QED) is 0.909. The van der Waals surface area contributed by atoms with Crippen LogP contribution in [0.5, 0.6) is 5.75 Å². The van der Waals surface area contributed by atoms with Crippen LogP contribution in [-0.2, 0) is 0 Å². The second-order valence-corrected chi connectivity index (χ2v) is 6.06. The molecule has 1 aliphatic rings. The van der Waals surface area contributed by atoms with E-state index in [1.54, 1.807) is 7.11 Å². The number of carboxylic acids is 1. The summed E-state index contributed by atoms with van der Waals surface area (Å²) in [6.07, 6.45) is 1.02. The fourth-order valence-electron chi connectivity index (χ4n) is 2.43. The summed E-state index contributed by atoms with van der Waals surface area (Å²) in [7, 11) is 3.57. The lowest BCUT2D eigenvalue weighted by Gasteiger charge is -2.24. The van der Waals surface area contributed by atoms with Crippen molar-refractivity contribution in [2.24, 2.45) is 4.99 Å². The van der Waals surface area contributed by atoms with E-state index >= 15 is 0 Å². The molecule has 6 nitrogen and oxygen atoms in total. The van der Waals surface area contributed by atoms with Gasteiger partial charge in [0.05, 0.1) is 12.0 Å². The van der Waals surface area contributed by atoms with Gasteiger partial charge in [0, 0.05) is 31.0 Å². The molecule has 0 fully saturated rings.